The lowest BCUT2D eigenvalue weighted by Gasteiger charge is -2.11. The first-order chi connectivity index (χ1) is 8.45. The van der Waals surface area contributed by atoms with Crippen molar-refractivity contribution in [2.45, 2.75) is 19.9 Å². The number of methoxy groups -OCH3 is 1. The van der Waals surface area contributed by atoms with E-state index < -0.39 is 12.0 Å². The van der Waals surface area contributed by atoms with E-state index >= 15 is 0 Å². The third-order valence-corrected chi connectivity index (χ3v) is 2.46. The van der Waals surface area contributed by atoms with Gasteiger partial charge >= 0.3 is 5.97 Å². The molecule has 1 N–H and O–H groups in total. The van der Waals surface area contributed by atoms with E-state index in [1.165, 1.54) is 33.1 Å². The number of ether oxygens (including phenoxy) is 1. The molecule has 0 bridgehead atoms. The fourth-order valence-electron chi connectivity index (χ4n) is 1.37. The van der Waals surface area contributed by atoms with E-state index in [0.717, 1.165) is 0 Å². The lowest BCUT2D eigenvalue weighted by molar-refractivity contribution is -0.142. The summed E-state index contributed by atoms with van der Waals surface area (Å²) >= 11 is 0. The van der Waals surface area contributed by atoms with Gasteiger partial charge in [0.25, 0.3) is 5.91 Å². The van der Waals surface area contributed by atoms with E-state index in [1.807, 2.05) is 0 Å². The summed E-state index contributed by atoms with van der Waals surface area (Å²) in [6.07, 6.45) is 0. The Morgan fingerprint density at radius 3 is 2.06 bits per heavy atom. The first-order valence-electron chi connectivity index (χ1n) is 5.45. The van der Waals surface area contributed by atoms with Gasteiger partial charge in [-0.05, 0) is 26.0 Å². The second kappa shape index (κ2) is 5.95. The van der Waals surface area contributed by atoms with Crippen LogP contribution in [-0.2, 0) is 9.53 Å². The molecule has 96 valence electrons. The summed E-state index contributed by atoms with van der Waals surface area (Å²) in [6, 6.07) is 5.50. The molecule has 1 atom stereocenters. The van der Waals surface area contributed by atoms with E-state index in [4.69, 9.17) is 0 Å². The van der Waals surface area contributed by atoms with Crippen molar-refractivity contribution in [2.75, 3.05) is 7.11 Å². The number of carbonyl (C=O) groups excluding carboxylic acids is 3. The normalized spacial score (nSPS) is 11.5. The average molecular weight is 249 g/mol. The maximum Gasteiger partial charge on any atom is 0.328 e. The molecule has 18 heavy (non-hydrogen) atoms. The molecule has 0 aliphatic carbocycles. The fourth-order valence-corrected chi connectivity index (χ4v) is 1.37. The molecule has 0 fully saturated rings. The Labute approximate surface area is 105 Å². The van der Waals surface area contributed by atoms with E-state index in [0.29, 0.717) is 11.1 Å². The minimum absolute atomic E-state index is 0.0649. The lowest BCUT2D eigenvalue weighted by atomic mass is 10.1. The highest BCUT2D eigenvalue weighted by Gasteiger charge is 2.16. The number of hydrogen-bond acceptors (Lipinski definition) is 4. The van der Waals surface area contributed by atoms with Crippen LogP contribution in [0.25, 0.3) is 0 Å². The highest BCUT2D eigenvalue weighted by Crippen LogP contribution is 2.05. The molecule has 5 nitrogen and oxygen atoms in total. The van der Waals surface area contributed by atoms with Crippen LogP contribution in [-0.4, -0.2) is 30.8 Å². The molecule has 0 heterocycles. The molecule has 0 aliphatic heterocycles. The smallest absolute Gasteiger partial charge is 0.328 e. The third kappa shape index (κ3) is 3.41. The number of nitrogens with one attached hydrogen (secondary N) is 1. The van der Waals surface area contributed by atoms with E-state index in [2.05, 4.69) is 10.1 Å². The Bertz CT molecular complexity index is 464. The van der Waals surface area contributed by atoms with Gasteiger partial charge < -0.3 is 10.1 Å². The number of rotatable bonds is 4. The second-order valence-electron chi connectivity index (χ2n) is 3.85. The van der Waals surface area contributed by atoms with Crippen LogP contribution in [0, 0.1) is 0 Å². The molecule has 0 aromatic heterocycles. The van der Waals surface area contributed by atoms with Crippen LogP contribution >= 0.6 is 0 Å². The molecule has 1 aromatic rings. The van der Waals surface area contributed by atoms with E-state index in [-0.39, 0.29) is 11.7 Å². The van der Waals surface area contributed by atoms with Crippen LogP contribution < -0.4 is 5.32 Å². The Morgan fingerprint density at radius 2 is 1.61 bits per heavy atom. The van der Waals surface area contributed by atoms with Crippen molar-refractivity contribution in [3.05, 3.63) is 35.4 Å². The average Bonchev–Trinajstić information content (AvgIpc) is 2.37. The topological polar surface area (TPSA) is 72.5 Å². The lowest BCUT2D eigenvalue weighted by Crippen LogP contribution is -2.39. The fraction of sp³-hybridized carbons (Fsp3) is 0.308. The third-order valence-electron chi connectivity index (χ3n) is 2.46. The number of benzene rings is 1. The summed E-state index contributed by atoms with van der Waals surface area (Å²) < 4.78 is 4.50. The Kier molecular flexibility index (Phi) is 4.59. The van der Waals surface area contributed by atoms with Gasteiger partial charge in [0.2, 0.25) is 0 Å². The summed E-state index contributed by atoms with van der Waals surface area (Å²) in [5.41, 5.74) is 0.920. The summed E-state index contributed by atoms with van der Waals surface area (Å²) in [5, 5.41) is 2.50. The predicted octanol–water partition coefficient (Wildman–Crippen LogP) is 1.18. The Morgan fingerprint density at radius 1 is 1.11 bits per heavy atom. The summed E-state index contributed by atoms with van der Waals surface area (Å²) in [6.45, 7) is 2.99. The van der Waals surface area contributed by atoms with Crippen LogP contribution in [0.1, 0.15) is 34.6 Å². The van der Waals surface area contributed by atoms with Gasteiger partial charge in [0.1, 0.15) is 6.04 Å². The van der Waals surface area contributed by atoms with Gasteiger partial charge in [-0.15, -0.1) is 0 Å². The van der Waals surface area contributed by atoms with Gasteiger partial charge in [-0.25, -0.2) is 4.79 Å². The number of esters is 1. The van der Waals surface area contributed by atoms with Crippen molar-refractivity contribution in [2.24, 2.45) is 0 Å². The SMILES string of the molecule is COC(=O)[C@H](C)NC(=O)c1ccc(C(C)=O)cc1. The van der Waals surface area contributed by atoms with E-state index in [1.54, 1.807) is 12.1 Å². The molecule has 1 aromatic carbocycles. The minimum atomic E-state index is -0.713. The number of hydrogen-bond donors (Lipinski definition) is 1. The molecule has 5 heteroatoms. The van der Waals surface area contributed by atoms with Gasteiger partial charge in [0.15, 0.2) is 5.78 Å². The highest BCUT2D eigenvalue weighted by atomic mass is 16.5. The first-order valence-corrected chi connectivity index (χ1v) is 5.45. The maximum atomic E-state index is 11.8. The molecule has 0 saturated heterocycles. The summed E-state index contributed by atoms with van der Waals surface area (Å²) in [5.74, 6) is -0.961. The summed E-state index contributed by atoms with van der Waals surface area (Å²) in [4.78, 5) is 34.0. The van der Waals surface area contributed by atoms with Crippen molar-refractivity contribution in [1.82, 2.24) is 5.32 Å². The van der Waals surface area contributed by atoms with Crippen molar-refractivity contribution in [3.63, 3.8) is 0 Å². The Balaban J connectivity index is 2.73. The number of ketones is 1. The van der Waals surface area contributed by atoms with Gasteiger partial charge in [-0.2, -0.15) is 0 Å². The van der Waals surface area contributed by atoms with Crippen molar-refractivity contribution in [1.29, 1.82) is 0 Å². The quantitative estimate of drug-likeness (QED) is 0.642. The zero-order valence-corrected chi connectivity index (χ0v) is 10.5. The second-order valence-corrected chi connectivity index (χ2v) is 3.85. The van der Waals surface area contributed by atoms with Gasteiger partial charge in [-0.1, -0.05) is 12.1 Å². The monoisotopic (exact) mass is 249 g/mol. The molecule has 0 saturated carbocycles. The van der Waals surface area contributed by atoms with Gasteiger partial charge in [-0.3, -0.25) is 9.59 Å². The molecule has 0 radical (unpaired) electrons. The molecule has 0 unspecified atom stereocenters. The zero-order valence-electron chi connectivity index (χ0n) is 10.5. The minimum Gasteiger partial charge on any atom is -0.467 e. The zero-order chi connectivity index (χ0) is 13.7. The van der Waals surface area contributed by atoms with E-state index in [9.17, 15) is 14.4 Å². The van der Waals surface area contributed by atoms with Crippen LogP contribution in [0.3, 0.4) is 0 Å². The number of carbonyl (C=O) groups is 3. The van der Waals surface area contributed by atoms with Crippen LogP contribution in [0.2, 0.25) is 0 Å². The maximum absolute atomic E-state index is 11.8. The molecule has 0 aliphatic rings. The van der Waals surface area contributed by atoms with Gasteiger partial charge in [0, 0.05) is 11.1 Å². The van der Waals surface area contributed by atoms with Crippen molar-refractivity contribution >= 4 is 17.7 Å². The van der Waals surface area contributed by atoms with Crippen molar-refractivity contribution in [3.8, 4) is 0 Å². The first kappa shape index (κ1) is 13.9. The van der Waals surface area contributed by atoms with Crippen molar-refractivity contribution < 1.29 is 19.1 Å². The predicted molar refractivity (Wildman–Crippen MR) is 65.4 cm³/mol. The molecular weight excluding hydrogens is 234 g/mol. The molecule has 1 rings (SSSR count). The highest BCUT2D eigenvalue weighted by molar-refractivity contribution is 5.99. The summed E-state index contributed by atoms with van der Waals surface area (Å²) in [7, 11) is 1.26. The number of Topliss-reactive ketones (excluding diaryl/α,β-unsaturated/α-hetero) is 1. The van der Waals surface area contributed by atoms with Crippen LogP contribution in [0.15, 0.2) is 24.3 Å². The molecule has 1 amide bonds. The Hall–Kier alpha value is -2.17. The molecular formula is C13H15NO4. The van der Waals surface area contributed by atoms with Crippen LogP contribution in [0.5, 0.6) is 0 Å². The largest absolute Gasteiger partial charge is 0.467 e. The van der Waals surface area contributed by atoms with Crippen LogP contribution in [0.4, 0.5) is 0 Å². The van der Waals surface area contributed by atoms with Gasteiger partial charge in [0.05, 0.1) is 7.11 Å². The molecule has 0 spiro atoms. The standard InChI is InChI=1S/C13H15NO4/c1-8(13(17)18-3)14-12(16)11-6-4-10(5-7-11)9(2)15/h4-8H,1-3H3,(H,14,16)/t8-/m0/s1. The number of amides is 1.